The predicted molar refractivity (Wildman–Crippen MR) is 72.9 cm³/mol. The fraction of sp³-hybridized carbons (Fsp3) is 0.714. The molecule has 4 nitrogen and oxygen atoms in total. The Hall–Kier alpha value is -1.16. The number of rotatable bonds is 4. The molecular formula is C14H22N4. The van der Waals surface area contributed by atoms with Crippen molar-refractivity contribution >= 4 is 5.82 Å². The quantitative estimate of drug-likeness (QED) is 0.881. The second-order valence-corrected chi connectivity index (χ2v) is 5.49. The third kappa shape index (κ3) is 2.21. The molecule has 1 aromatic rings. The summed E-state index contributed by atoms with van der Waals surface area (Å²) in [4.78, 5) is 2.40. The Balaban J connectivity index is 1.71. The molecule has 0 aromatic carbocycles. The minimum Gasteiger partial charge on any atom is -0.351 e. The fourth-order valence-corrected chi connectivity index (χ4v) is 3.00. The molecule has 0 spiro atoms. The monoisotopic (exact) mass is 246 g/mol. The van der Waals surface area contributed by atoms with Crippen LogP contribution in [-0.2, 0) is 0 Å². The molecule has 0 bridgehead atoms. The van der Waals surface area contributed by atoms with Crippen molar-refractivity contribution in [1.82, 2.24) is 15.5 Å². The average Bonchev–Trinajstić information content (AvgIpc) is 2.77. The van der Waals surface area contributed by atoms with Gasteiger partial charge in [0.2, 0.25) is 0 Å². The molecule has 3 rings (SSSR count). The molecule has 1 atom stereocenters. The molecule has 1 saturated carbocycles. The highest BCUT2D eigenvalue weighted by molar-refractivity contribution is 5.40. The van der Waals surface area contributed by atoms with Gasteiger partial charge in [-0.2, -0.15) is 5.10 Å². The first-order valence-electron chi connectivity index (χ1n) is 7.13. The number of anilines is 1. The summed E-state index contributed by atoms with van der Waals surface area (Å²) >= 11 is 0. The van der Waals surface area contributed by atoms with E-state index in [2.05, 4.69) is 32.5 Å². The van der Waals surface area contributed by atoms with Crippen LogP contribution in [0.3, 0.4) is 0 Å². The maximum absolute atomic E-state index is 4.44. The molecule has 1 saturated heterocycles. The van der Waals surface area contributed by atoms with Gasteiger partial charge in [-0.3, -0.25) is 0 Å². The largest absolute Gasteiger partial charge is 0.351 e. The maximum atomic E-state index is 4.44. The molecule has 98 valence electrons. The molecular weight excluding hydrogens is 224 g/mol. The van der Waals surface area contributed by atoms with E-state index in [-0.39, 0.29) is 0 Å². The van der Waals surface area contributed by atoms with Gasteiger partial charge in [0.05, 0.1) is 5.69 Å². The molecule has 1 N–H and O–H groups in total. The third-order valence-corrected chi connectivity index (χ3v) is 4.31. The first-order chi connectivity index (χ1) is 8.88. The van der Waals surface area contributed by atoms with Gasteiger partial charge in [0.15, 0.2) is 5.82 Å². The SMILES string of the molecule is CNCC1CCCN1c1ccc(C2CCC2)nn1. The van der Waals surface area contributed by atoms with Crippen molar-refractivity contribution in [1.29, 1.82) is 0 Å². The first-order valence-corrected chi connectivity index (χ1v) is 7.13. The Morgan fingerprint density at radius 1 is 1.22 bits per heavy atom. The van der Waals surface area contributed by atoms with Gasteiger partial charge in [-0.25, -0.2) is 0 Å². The fourth-order valence-electron chi connectivity index (χ4n) is 3.00. The lowest BCUT2D eigenvalue weighted by molar-refractivity contribution is 0.408. The first kappa shape index (κ1) is 11.9. The van der Waals surface area contributed by atoms with E-state index < -0.39 is 0 Å². The number of aromatic nitrogens is 2. The topological polar surface area (TPSA) is 41.0 Å². The summed E-state index contributed by atoms with van der Waals surface area (Å²) in [6.45, 7) is 2.15. The molecule has 1 aliphatic carbocycles. The van der Waals surface area contributed by atoms with Crippen molar-refractivity contribution in [2.45, 2.75) is 44.1 Å². The van der Waals surface area contributed by atoms with E-state index in [4.69, 9.17) is 0 Å². The normalized spacial score (nSPS) is 24.3. The summed E-state index contributed by atoms with van der Waals surface area (Å²) in [6.07, 6.45) is 6.45. The molecule has 1 unspecified atom stereocenters. The van der Waals surface area contributed by atoms with Gasteiger partial charge in [0, 0.05) is 25.0 Å². The Bertz CT molecular complexity index is 385. The molecule has 2 aliphatic rings. The van der Waals surface area contributed by atoms with Crippen molar-refractivity contribution in [2.24, 2.45) is 0 Å². The molecule has 1 aliphatic heterocycles. The van der Waals surface area contributed by atoms with Crippen molar-refractivity contribution in [2.75, 3.05) is 25.0 Å². The third-order valence-electron chi connectivity index (χ3n) is 4.31. The van der Waals surface area contributed by atoms with Crippen molar-refractivity contribution in [3.8, 4) is 0 Å². The summed E-state index contributed by atoms with van der Waals surface area (Å²) in [5.41, 5.74) is 1.19. The zero-order valence-electron chi connectivity index (χ0n) is 11.1. The van der Waals surface area contributed by atoms with Crippen molar-refractivity contribution in [3.05, 3.63) is 17.8 Å². The summed E-state index contributed by atoms with van der Waals surface area (Å²) in [5.74, 6) is 1.73. The van der Waals surface area contributed by atoms with Crippen LogP contribution >= 0.6 is 0 Å². The lowest BCUT2D eigenvalue weighted by Gasteiger charge is -2.27. The van der Waals surface area contributed by atoms with Crippen LogP contribution in [0.1, 0.15) is 43.7 Å². The van der Waals surface area contributed by atoms with E-state index in [0.29, 0.717) is 12.0 Å². The van der Waals surface area contributed by atoms with E-state index in [1.165, 1.54) is 37.8 Å². The Morgan fingerprint density at radius 2 is 2.11 bits per heavy atom. The van der Waals surface area contributed by atoms with Crippen molar-refractivity contribution < 1.29 is 0 Å². The van der Waals surface area contributed by atoms with Gasteiger partial charge in [0.25, 0.3) is 0 Å². The number of hydrogen-bond acceptors (Lipinski definition) is 4. The van der Waals surface area contributed by atoms with Crippen LogP contribution < -0.4 is 10.2 Å². The van der Waals surface area contributed by atoms with Crippen LogP contribution in [0.5, 0.6) is 0 Å². The summed E-state index contributed by atoms with van der Waals surface area (Å²) in [5, 5.41) is 12.1. The number of nitrogens with zero attached hydrogens (tertiary/aromatic N) is 3. The van der Waals surface area contributed by atoms with Gasteiger partial charge in [0.1, 0.15) is 0 Å². The van der Waals surface area contributed by atoms with E-state index in [0.717, 1.165) is 18.9 Å². The van der Waals surface area contributed by atoms with Crippen LogP contribution in [0.15, 0.2) is 12.1 Å². The van der Waals surface area contributed by atoms with Gasteiger partial charge in [-0.1, -0.05) is 6.42 Å². The lowest BCUT2D eigenvalue weighted by Crippen LogP contribution is -2.37. The average molecular weight is 246 g/mol. The molecule has 0 amide bonds. The van der Waals surface area contributed by atoms with Crippen LogP contribution in [0.4, 0.5) is 5.82 Å². The van der Waals surface area contributed by atoms with E-state index in [1.807, 2.05) is 7.05 Å². The molecule has 2 heterocycles. The number of nitrogens with one attached hydrogen (secondary N) is 1. The van der Waals surface area contributed by atoms with Gasteiger partial charge >= 0.3 is 0 Å². The predicted octanol–water partition coefficient (Wildman–Crippen LogP) is 1.93. The van der Waals surface area contributed by atoms with Crippen LogP contribution in [-0.4, -0.2) is 36.4 Å². The molecule has 2 fully saturated rings. The van der Waals surface area contributed by atoms with E-state index in [1.54, 1.807) is 0 Å². The van der Waals surface area contributed by atoms with Crippen LogP contribution in [0.25, 0.3) is 0 Å². The highest BCUT2D eigenvalue weighted by atomic mass is 15.3. The Kier molecular flexibility index (Phi) is 3.46. The summed E-state index contributed by atoms with van der Waals surface area (Å²) in [6, 6.07) is 4.93. The van der Waals surface area contributed by atoms with Gasteiger partial charge in [-0.15, -0.1) is 5.10 Å². The Morgan fingerprint density at radius 3 is 2.72 bits per heavy atom. The second kappa shape index (κ2) is 5.22. The second-order valence-electron chi connectivity index (χ2n) is 5.49. The molecule has 4 heteroatoms. The van der Waals surface area contributed by atoms with Crippen LogP contribution in [0, 0.1) is 0 Å². The standard InChI is InChI=1S/C14H22N4/c1-15-10-12-6-3-9-18(12)14-8-7-13(16-17-14)11-4-2-5-11/h7-8,11-12,15H,2-6,9-10H2,1H3. The molecule has 0 radical (unpaired) electrons. The number of hydrogen-bond donors (Lipinski definition) is 1. The molecule has 1 aromatic heterocycles. The van der Waals surface area contributed by atoms with Crippen LogP contribution in [0.2, 0.25) is 0 Å². The van der Waals surface area contributed by atoms with Gasteiger partial charge < -0.3 is 10.2 Å². The minimum atomic E-state index is 0.582. The highest BCUT2D eigenvalue weighted by Gasteiger charge is 2.26. The van der Waals surface area contributed by atoms with Gasteiger partial charge in [-0.05, 0) is 44.9 Å². The zero-order valence-corrected chi connectivity index (χ0v) is 11.1. The van der Waals surface area contributed by atoms with E-state index in [9.17, 15) is 0 Å². The highest BCUT2D eigenvalue weighted by Crippen LogP contribution is 2.35. The molecule has 18 heavy (non-hydrogen) atoms. The zero-order chi connectivity index (χ0) is 12.4. The maximum Gasteiger partial charge on any atom is 0.151 e. The Labute approximate surface area is 109 Å². The smallest absolute Gasteiger partial charge is 0.151 e. The summed E-state index contributed by atoms with van der Waals surface area (Å²) in [7, 11) is 2.02. The van der Waals surface area contributed by atoms with Crippen molar-refractivity contribution in [3.63, 3.8) is 0 Å². The summed E-state index contributed by atoms with van der Waals surface area (Å²) < 4.78 is 0. The number of likely N-dealkylation sites (N-methyl/N-ethyl adjacent to an activating group) is 1. The lowest BCUT2D eigenvalue weighted by atomic mass is 9.83. The van der Waals surface area contributed by atoms with E-state index >= 15 is 0 Å². The minimum absolute atomic E-state index is 0.582.